The normalized spacial score (nSPS) is 11.9. The van der Waals surface area contributed by atoms with E-state index in [1.54, 1.807) is 0 Å². The topological polar surface area (TPSA) is 0 Å². The molecule has 0 aliphatic heterocycles. The van der Waals surface area contributed by atoms with Crippen LogP contribution in [0.25, 0.3) is 0 Å². The molecule has 15 heavy (non-hydrogen) atoms. The van der Waals surface area contributed by atoms with Crippen LogP contribution < -0.4 is 0 Å². The van der Waals surface area contributed by atoms with Crippen molar-refractivity contribution in [1.29, 1.82) is 0 Å². The van der Waals surface area contributed by atoms with Crippen molar-refractivity contribution < 1.29 is 8.78 Å². The van der Waals surface area contributed by atoms with Crippen molar-refractivity contribution in [3.8, 4) is 0 Å². The van der Waals surface area contributed by atoms with E-state index in [2.05, 4.69) is 0 Å². The van der Waals surface area contributed by atoms with Crippen LogP contribution in [0.4, 0.5) is 8.78 Å². The van der Waals surface area contributed by atoms with E-state index in [9.17, 15) is 8.78 Å². The van der Waals surface area contributed by atoms with E-state index < -0.39 is 11.6 Å². The summed E-state index contributed by atoms with van der Waals surface area (Å²) in [6.45, 7) is 5.92. The summed E-state index contributed by atoms with van der Waals surface area (Å²) in [6, 6.07) is 2.13. The maximum atomic E-state index is 13.2. The van der Waals surface area contributed by atoms with Crippen LogP contribution in [0.15, 0.2) is 12.1 Å². The molecule has 0 spiro atoms. The Bertz CT molecular complexity index is 359. The molecular weight excluding hydrogens is 218 g/mol. The summed E-state index contributed by atoms with van der Waals surface area (Å²) in [5.41, 5.74) is 0.248. The molecular formula is C12H15ClF2. The van der Waals surface area contributed by atoms with Gasteiger partial charge in [0.1, 0.15) is 11.6 Å². The van der Waals surface area contributed by atoms with Crippen LogP contribution in [0.3, 0.4) is 0 Å². The van der Waals surface area contributed by atoms with E-state index in [0.29, 0.717) is 5.56 Å². The number of halogens is 3. The molecule has 0 amide bonds. The zero-order chi connectivity index (χ0) is 11.6. The summed E-state index contributed by atoms with van der Waals surface area (Å²) in [5, 5.41) is 0.0369. The first kappa shape index (κ1) is 12.4. The van der Waals surface area contributed by atoms with Crippen LogP contribution >= 0.6 is 11.6 Å². The Balaban J connectivity index is 3.24. The quantitative estimate of drug-likeness (QED) is 0.663. The Morgan fingerprint density at radius 2 is 1.87 bits per heavy atom. The van der Waals surface area contributed by atoms with Crippen LogP contribution in [-0.2, 0) is 5.41 Å². The third kappa shape index (κ3) is 2.69. The van der Waals surface area contributed by atoms with Gasteiger partial charge in [-0.1, -0.05) is 38.8 Å². The number of rotatable bonds is 3. The average molecular weight is 233 g/mol. The molecule has 0 atom stereocenters. The van der Waals surface area contributed by atoms with Crippen molar-refractivity contribution in [1.82, 2.24) is 0 Å². The fourth-order valence-electron chi connectivity index (χ4n) is 1.81. The molecule has 0 saturated carbocycles. The minimum atomic E-state index is -0.684. The Kier molecular flexibility index (Phi) is 3.72. The summed E-state index contributed by atoms with van der Waals surface area (Å²) < 4.78 is 26.3. The van der Waals surface area contributed by atoms with Crippen molar-refractivity contribution in [2.45, 2.75) is 39.0 Å². The van der Waals surface area contributed by atoms with Gasteiger partial charge in [-0.25, -0.2) is 8.78 Å². The number of hydrogen-bond donors (Lipinski definition) is 0. The minimum Gasteiger partial charge on any atom is -0.207 e. The molecule has 0 heterocycles. The standard InChI is InChI=1S/C12H15ClF2/c1-4-5-12(2,3)9-6-8(14)7-10(15)11(9)13/h6-7H,4-5H2,1-3H3. The fraction of sp³-hybridized carbons (Fsp3) is 0.500. The van der Waals surface area contributed by atoms with E-state index >= 15 is 0 Å². The van der Waals surface area contributed by atoms with Gasteiger partial charge in [-0.15, -0.1) is 0 Å². The highest BCUT2D eigenvalue weighted by atomic mass is 35.5. The van der Waals surface area contributed by atoms with Crippen molar-refractivity contribution in [2.75, 3.05) is 0 Å². The predicted molar refractivity (Wildman–Crippen MR) is 59.3 cm³/mol. The first-order chi connectivity index (χ1) is 6.88. The first-order valence-corrected chi connectivity index (χ1v) is 5.41. The van der Waals surface area contributed by atoms with Crippen LogP contribution in [0.1, 0.15) is 39.2 Å². The van der Waals surface area contributed by atoms with Gasteiger partial charge >= 0.3 is 0 Å². The van der Waals surface area contributed by atoms with Crippen LogP contribution in [0.2, 0.25) is 5.02 Å². The maximum Gasteiger partial charge on any atom is 0.145 e. The Morgan fingerprint density at radius 3 is 2.40 bits per heavy atom. The van der Waals surface area contributed by atoms with Gasteiger partial charge in [-0.3, -0.25) is 0 Å². The van der Waals surface area contributed by atoms with Gasteiger partial charge in [0.2, 0.25) is 0 Å². The number of hydrogen-bond acceptors (Lipinski definition) is 0. The molecule has 0 N–H and O–H groups in total. The Labute approximate surface area is 94.3 Å². The van der Waals surface area contributed by atoms with Crippen molar-refractivity contribution in [3.05, 3.63) is 34.4 Å². The summed E-state index contributed by atoms with van der Waals surface area (Å²) in [6.07, 6.45) is 1.79. The van der Waals surface area contributed by atoms with Gasteiger partial charge in [0.25, 0.3) is 0 Å². The molecule has 0 radical (unpaired) electrons. The van der Waals surface area contributed by atoms with E-state index in [1.165, 1.54) is 6.07 Å². The van der Waals surface area contributed by atoms with E-state index in [1.807, 2.05) is 20.8 Å². The third-order valence-corrected chi connectivity index (χ3v) is 2.98. The van der Waals surface area contributed by atoms with Crippen molar-refractivity contribution >= 4 is 11.6 Å². The average Bonchev–Trinajstić information content (AvgIpc) is 2.11. The highest BCUT2D eigenvalue weighted by Gasteiger charge is 2.24. The summed E-state index contributed by atoms with van der Waals surface area (Å²) >= 11 is 5.84. The fourth-order valence-corrected chi connectivity index (χ4v) is 2.17. The molecule has 1 aromatic rings. The highest BCUT2D eigenvalue weighted by Crippen LogP contribution is 2.35. The molecule has 0 aromatic heterocycles. The summed E-state index contributed by atoms with van der Waals surface area (Å²) in [5.74, 6) is -1.26. The molecule has 0 aliphatic rings. The molecule has 0 unspecified atom stereocenters. The van der Waals surface area contributed by atoms with E-state index in [-0.39, 0.29) is 10.4 Å². The first-order valence-electron chi connectivity index (χ1n) is 5.03. The largest absolute Gasteiger partial charge is 0.207 e. The molecule has 3 heteroatoms. The maximum absolute atomic E-state index is 13.2. The van der Waals surface area contributed by atoms with Gasteiger partial charge in [0.05, 0.1) is 5.02 Å². The molecule has 0 saturated heterocycles. The van der Waals surface area contributed by atoms with E-state index in [4.69, 9.17) is 11.6 Å². The smallest absolute Gasteiger partial charge is 0.145 e. The molecule has 0 bridgehead atoms. The second kappa shape index (κ2) is 4.48. The highest BCUT2D eigenvalue weighted by molar-refractivity contribution is 6.31. The molecule has 1 rings (SSSR count). The van der Waals surface area contributed by atoms with Crippen LogP contribution in [-0.4, -0.2) is 0 Å². The van der Waals surface area contributed by atoms with Crippen molar-refractivity contribution in [2.24, 2.45) is 0 Å². The van der Waals surface area contributed by atoms with Crippen LogP contribution in [0.5, 0.6) is 0 Å². The van der Waals surface area contributed by atoms with Gasteiger partial charge in [0.15, 0.2) is 0 Å². The Hall–Kier alpha value is -0.630. The molecule has 0 nitrogen and oxygen atoms in total. The second-order valence-corrected chi connectivity index (χ2v) is 4.76. The minimum absolute atomic E-state index is 0.0369. The molecule has 84 valence electrons. The van der Waals surface area contributed by atoms with Gasteiger partial charge in [-0.2, -0.15) is 0 Å². The van der Waals surface area contributed by atoms with Crippen LogP contribution in [0, 0.1) is 11.6 Å². The predicted octanol–water partition coefficient (Wildman–Crippen LogP) is 4.70. The lowest BCUT2D eigenvalue weighted by atomic mass is 9.80. The van der Waals surface area contributed by atoms with Gasteiger partial charge in [-0.05, 0) is 23.5 Å². The number of benzene rings is 1. The third-order valence-electron chi connectivity index (χ3n) is 2.60. The lowest BCUT2D eigenvalue weighted by molar-refractivity contribution is 0.463. The second-order valence-electron chi connectivity index (χ2n) is 4.38. The Morgan fingerprint density at radius 1 is 1.27 bits per heavy atom. The molecule has 0 fully saturated rings. The lowest BCUT2D eigenvalue weighted by Crippen LogP contribution is -2.18. The monoisotopic (exact) mass is 232 g/mol. The zero-order valence-electron chi connectivity index (χ0n) is 9.20. The zero-order valence-corrected chi connectivity index (χ0v) is 9.96. The van der Waals surface area contributed by atoms with E-state index in [0.717, 1.165) is 18.9 Å². The SMILES string of the molecule is CCCC(C)(C)c1cc(F)cc(F)c1Cl. The van der Waals surface area contributed by atoms with Gasteiger partial charge in [0, 0.05) is 6.07 Å². The lowest BCUT2D eigenvalue weighted by Gasteiger charge is -2.26. The molecule has 0 aliphatic carbocycles. The van der Waals surface area contributed by atoms with Crippen molar-refractivity contribution in [3.63, 3.8) is 0 Å². The summed E-state index contributed by atoms with van der Waals surface area (Å²) in [7, 11) is 0. The summed E-state index contributed by atoms with van der Waals surface area (Å²) in [4.78, 5) is 0. The molecule has 1 aromatic carbocycles. The van der Waals surface area contributed by atoms with Gasteiger partial charge < -0.3 is 0 Å².